The average molecular weight is 492 g/mol. The highest BCUT2D eigenvalue weighted by molar-refractivity contribution is 7.89. The van der Waals surface area contributed by atoms with Crippen LogP contribution in [0.25, 0.3) is 0 Å². The van der Waals surface area contributed by atoms with E-state index in [4.69, 9.17) is 16.3 Å². The molecular formula is C24H30ClN3O4S. The van der Waals surface area contributed by atoms with Crippen molar-refractivity contribution in [1.82, 2.24) is 9.21 Å². The molecule has 2 fully saturated rings. The number of carbonyl (C=O) groups is 1. The van der Waals surface area contributed by atoms with Crippen molar-refractivity contribution in [2.75, 3.05) is 50.8 Å². The predicted octanol–water partition coefficient (Wildman–Crippen LogP) is 3.49. The summed E-state index contributed by atoms with van der Waals surface area (Å²) in [5, 5.41) is 0.706. The van der Waals surface area contributed by atoms with Crippen LogP contribution in [0.5, 0.6) is 5.75 Å². The number of hydrogen-bond donors (Lipinski definition) is 0. The molecule has 0 radical (unpaired) electrons. The number of hydrogen-bond acceptors (Lipinski definition) is 5. The molecule has 178 valence electrons. The van der Waals surface area contributed by atoms with E-state index < -0.39 is 10.0 Å². The molecule has 0 atom stereocenters. The summed E-state index contributed by atoms with van der Waals surface area (Å²) in [6.07, 6.45) is 1.09. The summed E-state index contributed by atoms with van der Waals surface area (Å²) in [4.78, 5) is 17.5. The molecule has 4 rings (SSSR count). The van der Waals surface area contributed by atoms with Gasteiger partial charge in [-0.1, -0.05) is 17.7 Å². The topological polar surface area (TPSA) is 70.2 Å². The maximum atomic E-state index is 13.1. The van der Waals surface area contributed by atoms with Crippen LogP contribution in [0, 0.1) is 5.92 Å². The summed E-state index contributed by atoms with van der Waals surface area (Å²) >= 11 is 6.10. The first-order chi connectivity index (χ1) is 15.9. The molecule has 2 aliphatic heterocycles. The minimum atomic E-state index is -3.57. The number of sulfonamides is 1. The van der Waals surface area contributed by atoms with E-state index in [-0.39, 0.29) is 16.7 Å². The molecule has 0 N–H and O–H groups in total. The van der Waals surface area contributed by atoms with E-state index in [0.717, 1.165) is 18.8 Å². The van der Waals surface area contributed by atoms with Crippen LogP contribution in [0.3, 0.4) is 0 Å². The third-order valence-corrected chi connectivity index (χ3v) is 8.49. The van der Waals surface area contributed by atoms with Gasteiger partial charge in [0.2, 0.25) is 15.9 Å². The first-order valence-electron chi connectivity index (χ1n) is 11.4. The molecule has 9 heteroatoms. The Kier molecular flexibility index (Phi) is 7.46. The lowest BCUT2D eigenvalue weighted by atomic mass is 9.96. The fraction of sp³-hybridized carbons (Fsp3) is 0.458. The highest BCUT2D eigenvalue weighted by Crippen LogP contribution is 2.27. The molecule has 0 spiro atoms. The molecule has 2 aromatic carbocycles. The van der Waals surface area contributed by atoms with Crippen molar-refractivity contribution in [2.45, 2.75) is 24.7 Å². The Morgan fingerprint density at radius 2 is 1.67 bits per heavy atom. The van der Waals surface area contributed by atoms with E-state index >= 15 is 0 Å². The lowest BCUT2D eigenvalue weighted by Gasteiger charge is -2.39. The van der Waals surface area contributed by atoms with Gasteiger partial charge in [0.25, 0.3) is 0 Å². The molecule has 33 heavy (non-hydrogen) atoms. The maximum absolute atomic E-state index is 13.1. The molecule has 2 heterocycles. The molecule has 0 aromatic heterocycles. The van der Waals surface area contributed by atoms with Crippen LogP contribution in [-0.4, -0.2) is 69.4 Å². The summed E-state index contributed by atoms with van der Waals surface area (Å²) in [5.41, 5.74) is 1.07. The van der Waals surface area contributed by atoms with Crippen LogP contribution >= 0.6 is 11.6 Å². The van der Waals surface area contributed by atoms with Gasteiger partial charge in [-0.15, -0.1) is 0 Å². The number of amides is 1. The highest BCUT2D eigenvalue weighted by Gasteiger charge is 2.34. The Morgan fingerprint density at radius 1 is 1.00 bits per heavy atom. The predicted molar refractivity (Wildman–Crippen MR) is 129 cm³/mol. The molecule has 0 saturated carbocycles. The second-order valence-corrected chi connectivity index (χ2v) is 10.7. The standard InChI is InChI=1S/C24H30ClN3O4S/c1-2-32-22-6-8-23(9-7-22)33(30,31)28-12-10-19(11-13-28)24(29)27-16-14-26(15-17-27)21-5-3-4-20(25)18-21/h3-9,18-19H,2,10-17H2,1H3. The molecule has 0 unspecified atom stereocenters. The van der Waals surface area contributed by atoms with Crippen molar-refractivity contribution in [1.29, 1.82) is 0 Å². The lowest BCUT2D eigenvalue weighted by molar-refractivity contribution is -0.137. The number of piperazine rings is 1. The Bertz CT molecular complexity index is 1060. The first-order valence-corrected chi connectivity index (χ1v) is 13.2. The van der Waals surface area contributed by atoms with Gasteiger partial charge >= 0.3 is 0 Å². The van der Waals surface area contributed by atoms with Gasteiger partial charge < -0.3 is 14.5 Å². The van der Waals surface area contributed by atoms with E-state index in [1.165, 1.54) is 4.31 Å². The third-order valence-electron chi connectivity index (χ3n) is 6.34. The smallest absolute Gasteiger partial charge is 0.243 e. The van der Waals surface area contributed by atoms with Gasteiger partial charge in [-0.2, -0.15) is 4.31 Å². The minimum absolute atomic E-state index is 0.130. The second-order valence-electron chi connectivity index (χ2n) is 8.37. The first kappa shape index (κ1) is 23.9. The summed E-state index contributed by atoms with van der Waals surface area (Å²) in [6, 6.07) is 14.3. The fourth-order valence-corrected chi connectivity index (χ4v) is 6.14. The van der Waals surface area contributed by atoms with Crippen molar-refractivity contribution >= 4 is 33.2 Å². The number of nitrogens with zero attached hydrogens (tertiary/aromatic N) is 3. The number of piperidine rings is 1. The van der Waals surface area contributed by atoms with Gasteiger partial charge in [0.05, 0.1) is 11.5 Å². The fourth-order valence-electron chi connectivity index (χ4n) is 4.48. The molecule has 2 aliphatic rings. The van der Waals surface area contributed by atoms with Gasteiger partial charge in [0.1, 0.15) is 5.75 Å². The number of rotatable bonds is 6. The van der Waals surface area contributed by atoms with Crippen LogP contribution in [0.2, 0.25) is 5.02 Å². The monoisotopic (exact) mass is 491 g/mol. The summed E-state index contributed by atoms with van der Waals surface area (Å²) < 4.78 is 32.9. The number of benzene rings is 2. The molecular weight excluding hydrogens is 462 g/mol. The quantitative estimate of drug-likeness (QED) is 0.618. The van der Waals surface area contributed by atoms with E-state index in [1.54, 1.807) is 24.3 Å². The van der Waals surface area contributed by atoms with Crippen LogP contribution in [0.1, 0.15) is 19.8 Å². The van der Waals surface area contributed by atoms with Crippen molar-refractivity contribution in [3.05, 3.63) is 53.6 Å². The zero-order chi connectivity index (χ0) is 23.4. The average Bonchev–Trinajstić information content (AvgIpc) is 2.84. The Hall–Kier alpha value is -2.29. The number of ether oxygens (including phenoxy) is 1. The highest BCUT2D eigenvalue weighted by atomic mass is 35.5. The molecule has 0 aliphatic carbocycles. The molecule has 0 bridgehead atoms. The Balaban J connectivity index is 1.30. The number of halogens is 1. The van der Waals surface area contributed by atoms with E-state index in [1.807, 2.05) is 36.1 Å². The largest absolute Gasteiger partial charge is 0.494 e. The van der Waals surface area contributed by atoms with Crippen molar-refractivity contribution in [3.63, 3.8) is 0 Å². The summed E-state index contributed by atoms with van der Waals surface area (Å²) in [5.74, 6) is 0.657. The van der Waals surface area contributed by atoms with Crippen LogP contribution in [0.15, 0.2) is 53.4 Å². The Labute approximate surface area is 200 Å². The van der Waals surface area contributed by atoms with Gasteiger partial charge in [-0.3, -0.25) is 4.79 Å². The summed E-state index contributed by atoms with van der Waals surface area (Å²) in [7, 11) is -3.57. The van der Waals surface area contributed by atoms with E-state index in [9.17, 15) is 13.2 Å². The minimum Gasteiger partial charge on any atom is -0.494 e. The molecule has 2 aromatic rings. The second kappa shape index (κ2) is 10.3. The van der Waals surface area contributed by atoms with Crippen molar-refractivity contribution in [3.8, 4) is 5.75 Å². The summed E-state index contributed by atoms with van der Waals surface area (Å²) in [6.45, 7) is 5.97. The van der Waals surface area contributed by atoms with E-state index in [2.05, 4.69) is 4.90 Å². The van der Waals surface area contributed by atoms with Crippen molar-refractivity contribution in [2.24, 2.45) is 5.92 Å². The Morgan fingerprint density at radius 3 is 2.27 bits per heavy atom. The molecule has 7 nitrogen and oxygen atoms in total. The van der Waals surface area contributed by atoms with Gasteiger partial charge in [-0.05, 0) is 62.2 Å². The van der Waals surface area contributed by atoms with Crippen LogP contribution in [0.4, 0.5) is 5.69 Å². The zero-order valence-electron chi connectivity index (χ0n) is 18.8. The number of anilines is 1. The normalized spacial score (nSPS) is 18.4. The lowest BCUT2D eigenvalue weighted by Crippen LogP contribution is -2.52. The number of carbonyl (C=O) groups excluding carboxylic acids is 1. The maximum Gasteiger partial charge on any atom is 0.243 e. The SMILES string of the molecule is CCOc1ccc(S(=O)(=O)N2CCC(C(=O)N3CCN(c4cccc(Cl)c4)CC3)CC2)cc1. The zero-order valence-corrected chi connectivity index (χ0v) is 20.4. The molecule has 2 saturated heterocycles. The van der Waals surface area contributed by atoms with Gasteiger partial charge in [0.15, 0.2) is 0 Å². The van der Waals surface area contributed by atoms with E-state index in [0.29, 0.717) is 56.4 Å². The van der Waals surface area contributed by atoms with Crippen LogP contribution < -0.4 is 9.64 Å². The van der Waals surface area contributed by atoms with Gasteiger partial charge in [0, 0.05) is 55.9 Å². The van der Waals surface area contributed by atoms with Gasteiger partial charge in [-0.25, -0.2) is 8.42 Å². The third kappa shape index (κ3) is 5.45. The molecule has 1 amide bonds. The van der Waals surface area contributed by atoms with Crippen LogP contribution in [-0.2, 0) is 14.8 Å². The van der Waals surface area contributed by atoms with Crippen molar-refractivity contribution < 1.29 is 17.9 Å².